The smallest absolute Gasteiger partial charge is 0.326 e. The molecule has 1 saturated heterocycles. The van der Waals surface area contributed by atoms with Crippen LogP contribution in [-0.4, -0.2) is 46.9 Å². The van der Waals surface area contributed by atoms with Crippen molar-refractivity contribution in [2.24, 2.45) is 11.8 Å². The highest BCUT2D eigenvalue weighted by atomic mass is 16.5. The van der Waals surface area contributed by atoms with Gasteiger partial charge in [-0.1, -0.05) is 43.9 Å². The van der Waals surface area contributed by atoms with Gasteiger partial charge in [-0.2, -0.15) is 0 Å². The van der Waals surface area contributed by atoms with Crippen LogP contribution in [0.1, 0.15) is 42.5 Å². The van der Waals surface area contributed by atoms with Gasteiger partial charge in [0, 0.05) is 12.1 Å². The Kier molecular flexibility index (Phi) is 6.73. The fourth-order valence-corrected chi connectivity index (χ4v) is 4.81. The quantitative estimate of drug-likeness (QED) is 0.690. The summed E-state index contributed by atoms with van der Waals surface area (Å²) < 4.78 is 5.72. The number of amides is 2. The molecule has 0 spiro atoms. The second kappa shape index (κ2) is 9.85. The maximum absolute atomic E-state index is 12.7. The number of hydrogen-bond donors (Lipinski definition) is 2. The van der Waals surface area contributed by atoms with Crippen molar-refractivity contribution >= 4 is 17.8 Å². The van der Waals surface area contributed by atoms with Crippen LogP contribution in [0.25, 0.3) is 0 Å². The minimum absolute atomic E-state index is 0.220. The molecule has 2 atom stereocenters. The summed E-state index contributed by atoms with van der Waals surface area (Å²) in [6.45, 7) is 0.240. The van der Waals surface area contributed by atoms with E-state index in [1.807, 2.05) is 30.3 Å². The van der Waals surface area contributed by atoms with E-state index in [2.05, 4.69) is 5.32 Å². The molecule has 2 aliphatic rings. The number of aliphatic carboxylic acids is 1. The number of likely N-dealkylation sites (tertiary alicyclic amines) is 1. The lowest BCUT2D eigenvalue weighted by atomic mass is 9.89. The number of hydrogen-bond acceptors (Lipinski definition) is 4. The molecule has 2 aromatic carbocycles. The Morgan fingerprint density at radius 2 is 1.59 bits per heavy atom. The highest BCUT2D eigenvalue weighted by molar-refractivity contribution is 5.97. The Labute approximate surface area is 187 Å². The average Bonchev–Trinajstić information content (AvgIpc) is 3.48. The largest absolute Gasteiger partial charge is 0.480 e. The highest BCUT2D eigenvalue weighted by Gasteiger charge is 2.42. The van der Waals surface area contributed by atoms with E-state index in [1.54, 1.807) is 24.3 Å². The fraction of sp³-hybridized carbons (Fsp3) is 0.400. The van der Waals surface area contributed by atoms with Crippen LogP contribution in [0.4, 0.5) is 0 Å². The Morgan fingerprint density at radius 3 is 2.25 bits per heavy atom. The molecule has 2 N–H and O–H groups in total. The standard InChI is InChI=1S/C25H28N2O5/c28-23(27-16-19(14-22(27)25(30)31)17-6-4-5-7-17)15-26-24(29)18-10-12-21(13-11-18)32-20-8-2-1-3-9-20/h1-3,8-13,17,19,22H,4-7,14-16H2,(H,26,29)(H,30,31)/t19?,22-/m1/s1. The average molecular weight is 437 g/mol. The molecule has 1 unspecified atom stereocenters. The van der Waals surface area contributed by atoms with Gasteiger partial charge >= 0.3 is 5.97 Å². The predicted octanol–water partition coefficient (Wildman–Crippen LogP) is 3.70. The zero-order chi connectivity index (χ0) is 22.5. The first-order valence-electron chi connectivity index (χ1n) is 11.1. The highest BCUT2D eigenvalue weighted by Crippen LogP contribution is 2.38. The third kappa shape index (κ3) is 5.10. The molecular weight excluding hydrogens is 408 g/mol. The van der Waals surface area contributed by atoms with Crippen LogP contribution < -0.4 is 10.1 Å². The van der Waals surface area contributed by atoms with Crippen molar-refractivity contribution in [3.05, 3.63) is 60.2 Å². The maximum Gasteiger partial charge on any atom is 0.326 e. The van der Waals surface area contributed by atoms with Gasteiger partial charge in [0.1, 0.15) is 17.5 Å². The van der Waals surface area contributed by atoms with Crippen molar-refractivity contribution < 1.29 is 24.2 Å². The molecule has 1 aliphatic heterocycles. The number of carbonyl (C=O) groups excluding carboxylic acids is 2. The molecule has 1 heterocycles. The van der Waals surface area contributed by atoms with E-state index < -0.39 is 12.0 Å². The van der Waals surface area contributed by atoms with Crippen LogP contribution in [0, 0.1) is 11.8 Å². The van der Waals surface area contributed by atoms with Gasteiger partial charge in [0.05, 0.1) is 6.54 Å². The van der Waals surface area contributed by atoms with Crippen molar-refractivity contribution in [2.45, 2.75) is 38.1 Å². The Bertz CT molecular complexity index is 954. The summed E-state index contributed by atoms with van der Waals surface area (Å²) in [5.74, 6) is 0.321. The van der Waals surface area contributed by atoms with E-state index in [1.165, 1.54) is 17.7 Å². The zero-order valence-electron chi connectivity index (χ0n) is 17.9. The molecule has 0 aromatic heterocycles. The molecule has 7 nitrogen and oxygen atoms in total. The van der Waals surface area contributed by atoms with E-state index in [9.17, 15) is 19.5 Å². The summed E-state index contributed by atoms with van der Waals surface area (Å²) in [6, 6.07) is 15.2. The normalized spacial score (nSPS) is 20.8. The SMILES string of the molecule is O=C(NCC(=O)N1CC(C2CCCC2)C[C@@H]1C(=O)O)c1ccc(Oc2ccccc2)cc1. The molecule has 0 radical (unpaired) electrons. The third-order valence-electron chi connectivity index (χ3n) is 6.50. The summed E-state index contributed by atoms with van der Waals surface area (Å²) in [5, 5.41) is 12.2. The number of nitrogens with zero attached hydrogens (tertiary/aromatic N) is 1. The van der Waals surface area contributed by atoms with E-state index in [4.69, 9.17) is 4.74 Å². The van der Waals surface area contributed by atoms with Crippen LogP contribution in [-0.2, 0) is 9.59 Å². The van der Waals surface area contributed by atoms with Crippen molar-refractivity contribution in [3.63, 3.8) is 0 Å². The van der Waals surface area contributed by atoms with Gasteiger partial charge in [0.2, 0.25) is 5.91 Å². The van der Waals surface area contributed by atoms with Gasteiger partial charge in [0.25, 0.3) is 5.91 Å². The number of benzene rings is 2. The Morgan fingerprint density at radius 1 is 0.938 bits per heavy atom. The number of nitrogens with one attached hydrogen (secondary N) is 1. The number of para-hydroxylation sites is 1. The van der Waals surface area contributed by atoms with Gasteiger partial charge in [-0.15, -0.1) is 0 Å². The minimum Gasteiger partial charge on any atom is -0.480 e. The molecule has 2 aromatic rings. The zero-order valence-corrected chi connectivity index (χ0v) is 17.9. The molecule has 1 aliphatic carbocycles. The van der Waals surface area contributed by atoms with E-state index in [0.29, 0.717) is 35.9 Å². The molecule has 168 valence electrons. The van der Waals surface area contributed by atoms with Crippen molar-refractivity contribution in [2.75, 3.05) is 13.1 Å². The Balaban J connectivity index is 1.31. The van der Waals surface area contributed by atoms with Crippen molar-refractivity contribution in [1.82, 2.24) is 10.2 Å². The molecule has 1 saturated carbocycles. The topological polar surface area (TPSA) is 95.9 Å². The lowest BCUT2D eigenvalue weighted by Gasteiger charge is -2.22. The van der Waals surface area contributed by atoms with Crippen LogP contribution in [0.3, 0.4) is 0 Å². The van der Waals surface area contributed by atoms with Gasteiger partial charge < -0.3 is 20.1 Å². The van der Waals surface area contributed by atoms with Crippen LogP contribution >= 0.6 is 0 Å². The van der Waals surface area contributed by atoms with Gasteiger partial charge in [-0.25, -0.2) is 4.79 Å². The third-order valence-corrected chi connectivity index (χ3v) is 6.50. The molecule has 4 rings (SSSR count). The molecule has 2 fully saturated rings. The van der Waals surface area contributed by atoms with Crippen LogP contribution in [0.5, 0.6) is 11.5 Å². The first-order chi connectivity index (χ1) is 15.5. The maximum atomic E-state index is 12.7. The van der Waals surface area contributed by atoms with Crippen molar-refractivity contribution in [1.29, 1.82) is 0 Å². The number of carboxylic acid groups (broad SMARTS) is 1. The number of carboxylic acids is 1. The number of ether oxygens (including phenoxy) is 1. The van der Waals surface area contributed by atoms with Gasteiger partial charge in [0.15, 0.2) is 0 Å². The summed E-state index contributed by atoms with van der Waals surface area (Å²) in [7, 11) is 0. The lowest BCUT2D eigenvalue weighted by molar-refractivity contribution is -0.147. The first-order valence-corrected chi connectivity index (χ1v) is 11.1. The van der Waals surface area contributed by atoms with E-state index in [-0.39, 0.29) is 24.3 Å². The molecule has 0 bridgehead atoms. The summed E-state index contributed by atoms with van der Waals surface area (Å²) in [6.07, 6.45) is 5.08. The first kappa shape index (κ1) is 21.9. The second-order valence-corrected chi connectivity index (χ2v) is 8.56. The molecular formula is C25H28N2O5. The fourth-order valence-electron chi connectivity index (χ4n) is 4.81. The minimum atomic E-state index is -0.973. The van der Waals surface area contributed by atoms with Crippen molar-refractivity contribution in [3.8, 4) is 11.5 Å². The predicted molar refractivity (Wildman–Crippen MR) is 118 cm³/mol. The van der Waals surface area contributed by atoms with Gasteiger partial charge in [-0.05, 0) is 54.7 Å². The number of carbonyl (C=O) groups is 3. The molecule has 2 amide bonds. The summed E-state index contributed by atoms with van der Waals surface area (Å²) in [4.78, 5) is 38.4. The van der Waals surface area contributed by atoms with Crippen LogP contribution in [0.2, 0.25) is 0 Å². The van der Waals surface area contributed by atoms with Gasteiger partial charge in [-0.3, -0.25) is 9.59 Å². The van der Waals surface area contributed by atoms with E-state index >= 15 is 0 Å². The summed E-state index contributed by atoms with van der Waals surface area (Å²) >= 11 is 0. The molecule has 7 heteroatoms. The monoisotopic (exact) mass is 436 g/mol. The van der Waals surface area contributed by atoms with Crippen LogP contribution in [0.15, 0.2) is 54.6 Å². The summed E-state index contributed by atoms with van der Waals surface area (Å²) in [5.41, 5.74) is 0.401. The lowest BCUT2D eigenvalue weighted by Crippen LogP contribution is -2.45. The molecule has 32 heavy (non-hydrogen) atoms. The number of rotatable bonds is 7. The second-order valence-electron chi connectivity index (χ2n) is 8.56. The van der Waals surface area contributed by atoms with E-state index in [0.717, 1.165) is 12.8 Å². The Hall–Kier alpha value is -3.35.